The summed E-state index contributed by atoms with van der Waals surface area (Å²) in [6.45, 7) is 0.604. The zero-order valence-corrected chi connectivity index (χ0v) is 10.8. The average Bonchev–Trinajstić information content (AvgIpc) is 2.79. The van der Waals surface area contributed by atoms with Crippen LogP contribution in [0.25, 0.3) is 0 Å². The van der Waals surface area contributed by atoms with Crippen LogP contribution >= 0.6 is 11.6 Å². The second-order valence-electron chi connectivity index (χ2n) is 4.27. The molecule has 1 heterocycles. The summed E-state index contributed by atoms with van der Waals surface area (Å²) in [5.41, 5.74) is 1.16. The number of benzene rings is 1. The van der Waals surface area contributed by atoms with Crippen LogP contribution in [0.5, 0.6) is 0 Å². The number of halogens is 1. The molecule has 18 heavy (non-hydrogen) atoms. The fourth-order valence-corrected chi connectivity index (χ4v) is 2.26. The number of hydrogen-bond acceptors (Lipinski definition) is 3. The van der Waals surface area contributed by atoms with Crippen molar-refractivity contribution in [2.75, 3.05) is 24.4 Å². The molecule has 1 unspecified atom stereocenters. The van der Waals surface area contributed by atoms with Crippen LogP contribution in [0.3, 0.4) is 0 Å². The molecule has 1 aliphatic heterocycles. The second-order valence-corrected chi connectivity index (χ2v) is 4.58. The molecule has 2 rings (SSSR count). The minimum absolute atomic E-state index is 0.0441. The van der Waals surface area contributed by atoms with Gasteiger partial charge in [0.2, 0.25) is 5.91 Å². The Labute approximate surface area is 110 Å². The first-order valence-electron chi connectivity index (χ1n) is 5.70. The fraction of sp³-hybridized carbons (Fsp3) is 0.385. The highest BCUT2D eigenvalue weighted by atomic mass is 35.5. The Bertz CT molecular complexity index is 475. The van der Waals surface area contributed by atoms with E-state index in [0.717, 1.165) is 5.69 Å². The molecule has 0 saturated carbocycles. The van der Waals surface area contributed by atoms with Crippen molar-refractivity contribution in [1.29, 1.82) is 0 Å². The maximum Gasteiger partial charge on any atom is 0.337 e. The van der Waals surface area contributed by atoms with E-state index in [0.29, 0.717) is 24.4 Å². The van der Waals surface area contributed by atoms with Gasteiger partial charge in [0.15, 0.2) is 0 Å². The molecule has 1 aromatic carbocycles. The van der Waals surface area contributed by atoms with Gasteiger partial charge in [-0.25, -0.2) is 4.79 Å². The van der Waals surface area contributed by atoms with Crippen LogP contribution in [-0.2, 0) is 9.53 Å². The predicted molar refractivity (Wildman–Crippen MR) is 69.0 cm³/mol. The third-order valence-electron chi connectivity index (χ3n) is 3.00. The van der Waals surface area contributed by atoms with Gasteiger partial charge < -0.3 is 9.64 Å². The molecule has 1 atom stereocenters. The van der Waals surface area contributed by atoms with Gasteiger partial charge in [-0.2, -0.15) is 0 Å². The van der Waals surface area contributed by atoms with Crippen molar-refractivity contribution in [3.05, 3.63) is 29.8 Å². The van der Waals surface area contributed by atoms with Crippen LogP contribution in [0.15, 0.2) is 24.3 Å². The van der Waals surface area contributed by atoms with E-state index >= 15 is 0 Å². The molecule has 0 radical (unpaired) electrons. The van der Waals surface area contributed by atoms with Gasteiger partial charge in [-0.3, -0.25) is 4.79 Å². The van der Waals surface area contributed by atoms with Gasteiger partial charge in [-0.1, -0.05) is 6.07 Å². The summed E-state index contributed by atoms with van der Waals surface area (Å²) in [4.78, 5) is 24.9. The highest BCUT2D eigenvalue weighted by Gasteiger charge is 2.30. The monoisotopic (exact) mass is 267 g/mol. The molecule has 5 heteroatoms. The van der Waals surface area contributed by atoms with E-state index in [1.54, 1.807) is 29.2 Å². The van der Waals surface area contributed by atoms with Crippen LogP contribution in [0.4, 0.5) is 5.69 Å². The van der Waals surface area contributed by atoms with E-state index in [1.165, 1.54) is 7.11 Å². The zero-order valence-electron chi connectivity index (χ0n) is 10.1. The molecule has 1 saturated heterocycles. The summed E-state index contributed by atoms with van der Waals surface area (Å²) in [5.74, 6) is 0.292. The Morgan fingerprint density at radius 1 is 1.56 bits per heavy atom. The number of ether oxygens (including phenoxy) is 1. The maximum absolute atomic E-state index is 11.8. The standard InChI is InChI=1S/C13H14ClNO3/c1-18-13(17)10-3-2-4-11(6-10)15-8-9(7-14)5-12(15)16/h2-4,6,9H,5,7-8H2,1H3. The summed E-state index contributed by atoms with van der Waals surface area (Å²) in [6, 6.07) is 6.87. The molecule has 1 aromatic rings. The zero-order chi connectivity index (χ0) is 13.1. The first kappa shape index (κ1) is 12.9. The van der Waals surface area contributed by atoms with E-state index in [9.17, 15) is 9.59 Å². The minimum Gasteiger partial charge on any atom is -0.465 e. The molecular weight excluding hydrogens is 254 g/mol. The number of nitrogens with zero attached hydrogens (tertiary/aromatic N) is 1. The number of alkyl halides is 1. The van der Waals surface area contributed by atoms with Crippen molar-refractivity contribution in [3.8, 4) is 0 Å². The van der Waals surface area contributed by atoms with Gasteiger partial charge in [0.05, 0.1) is 12.7 Å². The van der Waals surface area contributed by atoms with Gasteiger partial charge in [0, 0.05) is 24.5 Å². The normalized spacial score (nSPS) is 19.1. The Balaban J connectivity index is 2.24. The molecular formula is C13H14ClNO3. The van der Waals surface area contributed by atoms with Crippen LogP contribution in [0.1, 0.15) is 16.8 Å². The Morgan fingerprint density at radius 2 is 2.33 bits per heavy atom. The lowest BCUT2D eigenvalue weighted by molar-refractivity contribution is -0.117. The SMILES string of the molecule is COC(=O)c1cccc(N2CC(CCl)CC2=O)c1. The number of carbonyl (C=O) groups is 2. The number of amides is 1. The molecule has 1 aliphatic rings. The van der Waals surface area contributed by atoms with Crippen LogP contribution in [0.2, 0.25) is 0 Å². The molecule has 0 aliphatic carbocycles. The van der Waals surface area contributed by atoms with Gasteiger partial charge >= 0.3 is 5.97 Å². The largest absolute Gasteiger partial charge is 0.465 e. The third kappa shape index (κ3) is 2.48. The Hall–Kier alpha value is -1.55. The number of esters is 1. The van der Waals surface area contributed by atoms with Crippen molar-refractivity contribution in [1.82, 2.24) is 0 Å². The lowest BCUT2D eigenvalue weighted by atomic mass is 10.1. The molecule has 1 amide bonds. The number of carbonyl (C=O) groups excluding carboxylic acids is 2. The lowest BCUT2D eigenvalue weighted by Gasteiger charge is -2.17. The van der Waals surface area contributed by atoms with E-state index in [4.69, 9.17) is 11.6 Å². The summed E-state index contributed by atoms with van der Waals surface area (Å²) in [5, 5.41) is 0. The summed E-state index contributed by atoms with van der Waals surface area (Å²) < 4.78 is 4.66. The topological polar surface area (TPSA) is 46.6 Å². The smallest absolute Gasteiger partial charge is 0.337 e. The molecule has 0 aromatic heterocycles. The number of anilines is 1. The van der Waals surface area contributed by atoms with Crippen molar-refractivity contribution >= 4 is 29.2 Å². The summed E-state index contributed by atoms with van der Waals surface area (Å²) in [7, 11) is 1.33. The molecule has 0 spiro atoms. The second kappa shape index (κ2) is 5.40. The van der Waals surface area contributed by atoms with Crippen molar-refractivity contribution in [2.45, 2.75) is 6.42 Å². The van der Waals surface area contributed by atoms with Gasteiger partial charge in [-0.15, -0.1) is 11.6 Å². The Morgan fingerprint density at radius 3 is 2.94 bits per heavy atom. The van der Waals surface area contributed by atoms with Crippen molar-refractivity contribution < 1.29 is 14.3 Å². The van der Waals surface area contributed by atoms with Crippen LogP contribution in [-0.4, -0.2) is 31.4 Å². The van der Waals surface area contributed by atoms with Crippen molar-refractivity contribution in [3.63, 3.8) is 0 Å². The summed E-state index contributed by atoms with van der Waals surface area (Å²) in [6.07, 6.45) is 0.464. The van der Waals surface area contributed by atoms with Gasteiger partial charge in [0.25, 0.3) is 0 Å². The number of rotatable bonds is 3. The quantitative estimate of drug-likeness (QED) is 0.622. The highest BCUT2D eigenvalue weighted by molar-refractivity contribution is 6.18. The van der Waals surface area contributed by atoms with Gasteiger partial charge in [0.1, 0.15) is 0 Å². The first-order valence-corrected chi connectivity index (χ1v) is 6.24. The number of methoxy groups -OCH3 is 1. The van der Waals surface area contributed by atoms with E-state index in [1.807, 2.05) is 0 Å². The summed E-state index contributed by atoms with van der Waals surface area (Å²) >= 11 is 5.78. The van der Waals surface area contributed by atoms with Gasteiger partial charge in [-0.05, 0) is 24.1 Å². The molecule has 96 valence electrons. The van der Waals surface area contributed by atoms with Crippen molar-refractivity contribution in [2.24, 2.45) is 5.92 Å². The molecule has 1 fully saturated rings. The molecule has 0 bridgehead atoms. The highest BCUT2D eigenvalue weighted by Crippen LogP contribution is 2.26. The minimum atomic E-state index is -0.405. The Kier molecular flexibility index (Phi) is 3.87. The molecule has 4 nitrogen and oxygen atoms in total. The fourth-order valence-electron chi connectivity index (χ4n) is 2.05. The number of hydrogen-bond donors (Lipinski definition) is 0. The van der Waals surface area contributed by atoms with Crippen LogP contribution in [0, 0.1) is 5.92 Å². The maximum atomic E-state index is 11.8. The van der Waals surface area contributed by atoms with E-state index in [-0.39, 0.29) is 11.8 Å². The van der Waals surface area contributed by atoms with Crippen LogP contribution < -0.4 is 4.90 Å². The third-order valence-corrected chi connectivity index (χ3v) is 3.44. The lowest BCUT2D eigenvalue weighted by Crippen LogP contribution is -2.24. The molecule has 0 N–H and O–H groups in total. The average molecular weight is 268 g/mol. The van der Waals surface area contributed by atoms with E-state index in [2.05, 4.69) is 4.74 Å². The predicted octanol–water partition coefficient (Wildman–Crippen LogP) is 2.06. The van der Waals surface area contributed by atoms with E-state index < -0.39 is 5.97 Å². The first-order chi connectivity index (χ1) is 8.65.